The zero-order chi connectivity index (χ0) is 13.3. The first-order valence-corrected chi connectivity index (χ1v) is 7.94. The largest absolute Gasteiger partial charge is 0.334 e. The van der Waals surface area contributed by atoms with Crippen LogP contribution in [0.1, 0.15) is 41.4 Å². The van der Waals surface area contributed by atoms with Crippen LogP contribution in [0.3, 0.4) is 0 Å². The average molecular weight is 331 g/mol. The molecule has 1 aromatic heterocycles. The number of halogens is 1. The highest BCUT2D eigenvalue weighted by Crippen LogP contribution is 2.30. The van der Waals surface area contributed by atoms with Crippen LogP contribution in [-0.2, 0) is 0 Å². The van der Waals surface area contributed by atoms with Crippen LogP contribution in [-0.4, -0.2) is 29.4 Å². The van der Waals surface area contributed by atoms with Crippen LogP contribution in [0, 0.1) is 6.92 Å². The number of amides is 1. The number of carbonyl (C=O) groups is 1. The van der Waals surface area contributed by atoms with Crippen LogP contribution in [0.15, 0.2) is 9.85 Å². The van der Waals surface area contributed by atoms with Crippen LogP contribution in [0.5, 0.6) is 0 Å². The van der Waals surface area contributed by atoms with Crippen molar-refractivity contribution in [3.63, 3.8) is 0 Å². The summed E-state index contributed by atoms with van der Waals surface area (Å²) in [5.74, 6) is 0.119. The Morgan fingerprint density at radius 1 is 1.61 bits per heavy atom. The van der Waals surface area contributed by atoms with Crippen LogP contribution in [0.2, 0.25) is 0 Å². The Labute approximate surface area is 120 Å². The molecule has 0 unspecified atom stereocenters. The maximum Gasteiger partial charge on any atom is 0.256 e. The molecule has 2 heterocycles. The van der Waals surface area contributed by atoms with Crippen molar-refractivity contribution in [3.05, 3.63) is 20.3 Å². The Kier molecular flexibility index (Phi) is 4.45. The second kappa shape index (κ2) is 5.72. The van der Waals surface area contributed by atoms with Crippen LogP contribution < -0.4 is 5.73 Å². The van der Waals surface area contributed by atoms with Crippen molar-refractivity contribution >= 4 is 33.2 Å². The molecular formula is C13H19BrN2OS. The van der Waals surface area contributed by atoms with Gasteiger partial charge in [-0.3, -0.25) is 4.79 Å². The fourth-order valence-electron chi connectivity index (χ4n) is 2.54. The molecule has 0 radical (unpaired) electrons. The zero-order valence-electron chi connectivity index (χ0n) is 10.8. The highest BCUT2D eigenvalue weighted by molar-refractivity contribution is 9.11. The van der Waals surface area contributed by atoms with Gasteiger partial charge in [-0.25, -0.2) is 0 Å². The van der Waals surface area contributed by atoms with Crippen LogP contribution in [0.4, 0.5) is 0 Å². The summed E-state index contributed by atoms with van der Waals surface area (Å²) in [4.78, 5) is 15.7. The third-order valence-electron chi connectivity index (χ3n) is 3.46. The number of rotatable bonds is 2. The first-order chi connectivity index (χ1) is 8.50. The van der Waals surface area contributed by atoms with Crippen molar-refractivity contribution in [2.24, 2.45) is 5.73 Å². The van der Waals surface area contributed by atoms with Crippen molar-refractivity contribution in [2.45, 2.75) is 45.2 Å². The molecule has 2 N–H and O–H groups in total. The standard InChI is InChI=1S/C13H19BrN2OS/c1-8-7-10(12(14)18-8)13(17)16-6-4-3-5-11(16)9(2)15/h7,9,11H,3-6,15H2,1-2H3/t9-,11+/m1/s1. The summed E-state index contributed by atoms with van der Waals surface area (Å²) in [5.41, 5.74) is 6.80. The Balaban J connectivity index is 2.23. The Morgan fingerprint density at radius 3 is 2.89 bits per heavy atom. The molecule has 0 spiro atoms. The maximum absolute atomic E-state index is 12.6. The van der Waals surface area contributed by atoms with Gasteiger partial charge in [-0.2, -0.15) is 0 Å². The lowest BCUT2D eigenvalue weighted by Gasteiger charge is -2.38. The number of aryl methyl sites for hydroxylation is 1. The molecule has 1 saturated heterocycles. The fraction of sp³-hybridized carbons (Fsp3) is 0.615. The number of nitrogens with zero attached hydrogens (tertiary/aromatic N) is 1. The van der Waals surface area contributed by atoms with Crippen molar-refractivity contribution in [1.29, 1.82) is 0 Å². The summed E-state index contributed by atoms with van der Waals surface area (Å²) >= 11 is 5.09. The van der Waals surface area contributed by atoms with Crippen molar-refractivity contribution in [2.75, 3.05) is 6.54 Å². The minimum absolute atomic E-state index is 0.0350. The van der Waals surface area contributed by atoms with Gasteiger partial charge in [0.05, 0.1) is 9.35 Å². The average Bonchev–Trinajstić information content (AvgIpc) is 2.67. The molecule has 0 bridgehead atoms. The van der Waals surface area contributed by atoms with E-state index < -0.39 is 0 Å². The minimum Gasteiger partial charge on any atom is -0.334 e. The van der Waals surface area contributed by atoms with Gasteiger partial charge in [-0.05, 0) is 55.1 Å². The normalized spacial score (nSPS) is 22.0. The second-order valence-corrected chi connectivity index (χ2v) is 7.54. The van der Waals surface area contributed by atoms with E-state index in [9.17, 15) is 4.79 Å². The fourth-order valence-corrected chi connectivity index (χ4v) is 4.31. The van der Waals surface area contributed by atoms with E-state index >= 15 is 0 Å². The van der Waals surface area contributed by atoms with Crippen molar-refractivity contribution < 1.29 is 4.79 Å². The number of piperidine rings is 1. The molecule has 1 aromatic rings. The number of thiophene rings is 1. The minimum atomic E-state index is 0.0350. The number of hydrogen-bond donors (Lipinski definition) is 1. The SMILES string of the molecule is Cc1cc(C(=O)N2CCCC[C@H]2[C@@H](C)N)c(Br)s1. The summed E-state index contributed by atoms with van der Waals surface area (Å²) in [5, 5.41) is 0. The maximum atomic E-state index is 12.6. The third kappa shape index (κ3) is 2.78. The first-order valence-electron chi connectivity index (χ1n) is 6.33. The molecule has 0 saturated carbocycles. The third-order valence-corrected chi connectivity index (χ3v) is 5.21. The summed E-state index contributed by atoms with van der Waals surface area (Å²) in [6.45, 7) is 4.84. The lowest BCUT2D eigenvalue weighted by atomic mass is 9.96. The summed E-state index contributed by atoms with van der Waals surface area (Å²) in [6.07, 6.45) is 3.26. The van der Waals surface area contributed by atoms with Gasteiger partial charge in [0.1, 0.15) is 0 Å². The van der Waals surface area contributed by atoms with E-state index in [1.165, 1.54) is 6.42 Å². The monoisotopic (exact) mass is 330 g/mol. The molecule has 18 heavy (non-hydrogen) atoms. The molecule has 5 heteroatoms. The topological polar surface area (TPSA) is 46.3 Å². The lowest BCUT2D eigenvalue weighted by Crippen LogP contribution is -2.51. The highest BCUT2D eigenvalue weighted by atomic mass is 79.9. The summed E-state index contributed by atoms with van der Waals surface area (Å²) in [7, 11) is 0. The molecule has 1 aliphatic heterocycles. The molecular weight excluding hydrogens is 312 g/mol. The van der Waals surface area contributed by atoms with E-state index in [-0.39, 0.29) is 18.0 Å². The highest BCUT2D eigenvalue weighted by Gasteiger charge is 2.31. The molecule has 0 aromatic carbocycles. The molecule has 1 amide bonds. The predicted molar refractivity (Wildman–Crippen MR) is 79.1 cm³/mol. The van der Waals surface area contributed by atoms with Gasteiger partial charge in [-0.1, -0.05) is 0 Å². The van der Waals surface area contributed by atoms with Crippen molar-refractivity contribution in [1.82, 2.24) is 4.90 Å². The van der Waals surface area contributed by atoms with Crippen molar-refractivity contribution in [3.8, 4) is 0 Å². The van der Waals surface area contributed by atoms with Crippen LogP contribution >= 0.6 is 27.3 Å². The van der Waals surface area contributed by atoms with Crippen LogP contribution in [0.25, 0.3) is 0 Å². The van der Waals surface area contributed by atoms with E-state index in [4.69, 9.17) is 5.73 Å². The van der Waals surface area contributed by atoms with Gasteiger partial charge in [-0.15, -0.1) is 11.3 Å². The molecule has 100 valence electrons. The molecule has 1 fully saturated rings. The summed E-state index contributed by atoms with van der Waals surface area (Å²) in [6, 6.07) is 2.18. The van der Waals surface area contributed by atoms with E-state index in [2.05, 4.69) is 15.9 Å². The molecule has 3 nitrogen and oxygen atoms in total. The summed E-state index contributed by atoms with van der Waals surface area (Å²) < 4.78 is 0.930. The van der Waals surface area contributed by atoms with E-state index in [0.29, 0.717) is 0 Å². The molecule has 2 rings (SSSR count). The van der Waals surface area contributed by atoms with Gasteiger partial charge < -0.3 is 10.6 Å². The lowest BCUT2D eigenvalue weighted by molar-refractivity contribution is 0.0583. The van der Waals surface area contributed by atoms with E-state index in [0.717, 1.165) is 33.6 Å². The second-order valence-electron chi connectivity index (χ2n) is 4.97. The number of hydrogen-bond acceptors (Lipinski definition) is 3. The molecule has 0 aliphatic carbocycles. The van der Waals surface area contributed by atoms with Gasteiger partial charge >= 0.3 is 0 Å². The first kappa shape index (κ1) is 14.0. The Morgan fingerprint density at radius 2 is 2.33 bits per heavy atom. The quantitative estimate of drug-likeness (QED) is 0.905. The molecule has 2 atom stereocenters. The van der Waals surface area contributed by atoms with Gasteiger partial charge in [0, 0.05) is 23.5 Å². The van der Waals surface area contributed by atoms with Gasteiger partial charge in [0.25, 0.3) is 5.91 Å². The number of likely N-dealkylation sites (tertiary alicyclic amines) is 1. The Hall–Kier alpha value is -0.390. The number of carbonyl (C=O) groups excluding carboxylic acids is 1. The Bertz CT molecular complexity index is 444. The van der Waals surface area contributed by atoms with E-state index in [1.807, 2.05) is 24.8 Å². The number of nitrogens with two attached hydrogens (primary N) is 1. The zero-order valence-corrected chi connectivity index (χ0v) is 13.2. The predicted octanol–water partition coefficient (Wildman–Crippen LogP) is 3.16. The van der Waals surface area contributed by atoms with Gasteiger partial charge in [0.15, 0.2) is 0 Å². The smallest absolute Gasteiger partial charge is 0.256 e. The van der Waals surface area contributed by atoms with E-state index in [1.54, 1.807) is 11.3 Å². The van der Waals surface area contributed by atoms with Gasteiger partial charge in [0.2, 0.25) is 0 Å². The molecule has 1 aliphatic rings.